The molecule has 10 heavy (non-hydrogen) atoms. The molecule has 1 heteroatoms. The molecule has 0 spiro atoms. The molecule has 1 aromatic rings. The summed E-state index contributed by atoms with van der Waals surface area (Å²) in [7, 11) is 0. The van der Waals surface area contributed by atoms with Crippen LogP contribution in [0.15, 0.2) is 24.3 Å². The van der Waals surface area contributed by atoms with Gasteiger partial charge in [-0.3, -0.25) is 0 Å². The molecule has 1 aromatic carbocycles. The Bertz CT molecular complexity index is 251. The molecule has 1 aliphatic carbocycles. The predicted octanol–water partition coefficient (Wildman–Crippen LogP) is 2.05. The van der Waals surface area contributed by atoms with Crippen LogP contribution in [0.25, 0.3) is 6.08 Å². The Labute approximate surface area is 74.3 Å². The zero-order chi connectivity index (χ0) is 6.10. The van der Waals surface area contributed by atoms with Crippen molar-refractivity contribution in [2.45, 2.75) is 6.42 Å². The molecule has 0 unspecified atom stereocenters. The second-order valence-electron chi connectivity index (χ2n) is 2.23. The van der Waals surface area contributed by atoms with Gasteiger partial charge in [0.1, 0.15) is 0 Å². The van der Waals surface area contributed by atoms with Crippen LogP contribution < -0.4 is 0 Å². The first-order valence-electron chi connectivity index (χ1n) is 3.12. The van der Waals surface area contributed by atoms with E-state index in [2.05, 4.69) is 24.3 Å². The van der Waals surface area contributed by atoms with E-state index in [-0.39, 0.29) is 20.1 Å². The molecule has 53 valence electrons. The Morgan fingerprint density at radius 3 is 3.10 bits per heavy atom. The molecule has 0 amide bonds. The first-order chi connectivity index (χ1) is 4.47. The molecule has 0 atom stereocenters. The van der Waals surface area contributed by atoms with Crippen LogP contribution in [0.3, 0.4) is 0 Å². The standard InChI is InChI=1S/C9H7.Ir/c1-2-5-9-7-3-6-8(9)4-1;/h1,3-5,7H,6H2;/q-1;. The van der Waals surface area contributed by atoms with Gasteiger partial charge in [-0.2, -0.15) is 24.3 Å². The van der Waals surface area contributed by atoms with Crippen LogP contribution in [-0.4, -0.2) is 0 Å². The maximum Gasteiger partial charge on any atom is 0 e. The molecule has 0 saturated heterocycles. The smallest absolute Gasteiger partial charge is 0 e. The molecular formula is C9H7Ir-. The van der Waals surface area contributed by atoms with Gasteiger partial charge < -0.3 is 0 Å². The number of allylic oxidation sites excluding steroid dienone is 1. The third-order valence-corrected chi connectivity index (χ3v) is 1.63. The van der Waals surface area contributed by atoms with E-state index in [1.54, 1.807) is 0 Å². The summed E-state index contributed by atoms with van der Waals surface area (Å²) >= 11 is 0. The van der Waals surface area contributed by atoms with E-state index in [0.29, 0.717) is 0 Å². The minimum atomic E-state index is 0. The van der Waals surface area contributed by atoms with Crippen molar-refractivity contribution >= 4 is 6.08 Å². The van der Waals surface area contributed by atoms with Crippen molar-refractivity contribution in [3.63, 3.8) is 0 Å². The van der Waals surface area contributed by atoms with Crippen LogP contribution in [0.5, 0.6) is 0 Å². The van der Waals surface area contributed by atoms with Gasteiger partial charge in [0.15, 0.2) is 0 Å². The average molecular weight is 307 g/mol. The second kappa shape index (κ2) is 3.14. The van der Waals surface area contributed by atoms with Gasteiger partial charge in [0.2, 0.25) is 0 Å². The SMILES string of the molecule is [Ir].[c-]1ccc2c(c1)C=CC2. The van der Waals surface area contributed by atoms with E-state index in [4.69, 9.17) is 0 Å². The Morgan fingerprint density at radius 1 is 1.40 bits per heavy atom. The van der Waals surface area contributed by atoms with Crippen molar-refractivity contribution in [2.24, 2.45) is 0 Å². The number of hydrogen-bond donors (Lipinski definition) is 0. The maximum absolute atomic E-state index is 3.04. The molecule has 0 N–H and O–H groups in total. The summed E-state index contributed by atoms with van der Waals surface area (Å²) in [6, 6.07) is 9.15. The Morgan fingerprint density at radius 2 is 2.30 bits per heavy atom. The minimum Gasteiger partial charge on any atom is -0.183 e. The quantitative estimate of drug-likeness (QED) is 0.644. The van der Waals surface area contributed by atoms with Gasteiger partial charge in [-0.15, -0.1) is 17.2 Å². The molecule has 2 rings (SSSR count). The summed E-state index contributed by atoms with van der Waals surface area (Å²) in [6.45, 7) is 0. The third kappa shape index (κ3) is 1.20. The van der Waals surface area contributed by atoms with Gasteiger partial charge in [0.05, 0.1) is 0 Å². The monoisotopic (exact) mass is 308 g/mol. The van der Waals surface area contributed by atoms with Crippen LogP contribution in [0.4, 0.5) is 0 Å². The summed E-state index contributed by atoms with van der Waals surface area (Å²) < 4.78 is 0. The van der Waals surface area contributed by atoms with Gasteiger partial charge in [-0.1, -0.05) is 6.08 Å². The molecule has 0 nitrogen and oxygen atoms in total. The fourth-order valence-corrected chi connectivity index (χ4v) is 1.13. The zero-order valence-electron chi connectivity index (χ0n) is 5.43. The Kier molecular flexibility index (Phi) is 2.42. The normalized spacial score (nSPS) is 12.4. The molecule has 0 bridgehead atoms. The van der Waals surface area contributed by atoms with E-state index < -0.39 is 0 Å². The van der Waals surface area contributed by atoms with Crippen LogP contribution in [0.1, 0.15) is 11.1 Å². The van der Waals surface area contributed by atoms with Crippen LogP contribution in [0, 0.1) is 6.07 Å². The average Bonchev–Trinajstić information content (AvgIpc) is 2.33. The van der Waals surface area contributed by atoms with Gasteiger partial charge in [-0.05, 0) is 6.42 Å². The number of benzene rings is 1. The van der Waals surface area contributed by atoms with Crippen molar-refractivity contribution < 1.29 is 20.1 Å². The largest absolute Gasteiger partial charge is 0.183 e. The Balaban J connectivity index is 0.000000500. The fraction of sp³-hybridized carbons (Fsp3) is 0.111. The maximum atomic E-state index is 3.04. The Hall–Kier alpha value is -0.391. The van der Waals surface area contributed by atoms with E-state index in [9.17, 15) is 0 Å². The van der Waals surface area contributed by atoms with Crippen molar-refractivity contribution in [1.29, 1.82) is 0 Å². The molecule has 0 aliphatic heterocycles. The summed E-state index contributed by atoms with van der Waals surface area (Å²) in [5, 5.41) is 0. The molecule has 0 fully saturated rings. The summed E-state index contributed by atoms with van der Waals surface area (Å²) in [5.74, 6) is 0. The number of hydrogen-bond acceptors (Lipinski definition) is 0. The van der Waals surface area contributed by atoms with E-state index >= 15 is 0 Å². The minimum absolute atomic E-state index is 0. The van der Waals surface area contributed by atoms with Gasteiger partial charge in [0.25, 0.3) is 0 Å². The van der Waals surface area contributed by atoms with Crippen LogP contribution >= 0.6 is 0 Å². The third-order valence-electron chi connectivity index (χ3n) is 1.63. The van der Waals surface area contributed by atoms with Crippen LogP contribution in [0.2, 0.25) is 0 Å². The fourth-order valence-electron chi connectivity index (χ4n) is 1.13. The molecule has 0 aromatic heterocycles. The van der Waals surface area contributed by atoms with Crippen molar-refractivity contribution in [3.05, 3.63) is 41.5 Å². The van der Waals surface area contributed by atoms with Gasteiger partial charge >= 0.3 is 0 Å². The number of fused-ring (bicyclic) bond motifs is 1. The molecular weight excluding hydrogens is 300 g/mol. The first-order valence-corrected chi connectivity index (χ1v) is 3.12. The summed E-state index contributed by atoms with van der Waals surface area (Å²) in [4.78, 5) is 0. The van der Waals surface area contributed by atoms with E-state index in [0.717, 1.165) is 6.42 Å². The van der Waals surface area contributed by atoms with Crippen LogP contribution in [-0.2, 0) is 26.5 Å². The van der Waals surface area contributed by atoms with E-state index in [1.165, 1.54) is 11.1 Å². The van der Waals surface area contributed by atoms with Crippen molar-refractivity contribution in [3.8, 4) is 0 Å². The molecule has 1 aliphatic rings. The van der Waals surface area contributed by atoms with Crippen molar-refractivity contribution in [2.75, 3.05) is 0 Å². The topological polar surface area (TPSA) is 0 Å². The zero-order valence-corrected chi connectivity index (χ0v) is 7.82. The van der Waals surface area contributed by atoms with E-state index in [1.807, 2.05) is 12.1 Å². The summed E-state index contributed by atoms with van der Waals surface area (Å²) in [5.41, 5.74) is 2.76. The predicted molar refractivity (Wildman–Crippen MR) is 38.0 cm³/mol. The number of rotatable bonds is 0. The molecule has 1 radical (unpaired) electrons. The molecule has 0 heterocycles. The molecule has 0 saturated carbocycles. The first kappa shape index (κ1) is 7.71. The van der Waals surface area contributed by atoms with Gasteiger partial charge in [-0.25, -0.2) is 0 Å². The van der Waals surface area contributed by atoms with Crippen molar-refractivity contribution in [1.82, 2.24) is 0 Å². The summed E-state index contributed by atoms with van der Waals surface area (Å²) in [6.07, 6.45) is 5.42. The van der Waals surface area contributed by atoms with Gasteiger partial charge in [0, 0.05) is 20.1 Å². The second-order valence-corrected chi connectivity index (χ2v) is 2.23.